The van der Waals surface area contributed by atoms with Crippen molar-refractivity contribution in [3.8, 4) is 5.88 Å². The summed E-state index contributed by atoms with van der Waals surface area (Å²) >= 11 is 9.15. The van der Waals surface area contributed by atoms with Crippen molar-refractivity contribution in [1.82, 2.24) is 20.3 Å². The SMILES string of the molecule is Fc1c(Nc2ncnc3ccc(O[C@H]4CCNC4)nc23)ccc(Br)c1Cl. The molecule has 26 heavy (non-hydrogen) atoms. The largest absolute Gasteiger partial charge is 0.473 e. The van der Waals surface area contributed by atoms with E-state index in [1.165, 1.54) is 6.33 Å². The highest BCUT2D eigenvalue weighted by molar-refractivity contribution is 9.10. The van der Waals surface area contributed by atoms with Gasteiger partial charge < -0.3 is 15.4 Å². The average molecular weight is 439 g/mol. The number of fused-ring (bicyclic) bond motifs is 1. The van der Waals surface area contributed by atoms with Gasteiger partial charge in [0, 0.05) is 17.1 Å². The minimum absolute atomic E-state index is 0.000855. The molecule has 0 unspecified atom stereocenters. The third kappa shape index (κ3) is 3.44. The summed E-state index contributed by atoms with van der Waals surface area (Å²) in [5.74, 6) is 0.290. The number of benzene rings is 1. The quantitative estimate of drug-likeness (QED) is 0.599. The zero-order chi connectivity index (χ0) is 18.1. The van der Waals surface area contributed by atoms with Crippen molar-refractivity contribution in [3.63, 3.8) is 0 Å². The van der Waals surface area contributed by atoms with Crippen LogP contribution in [0.1, 0.15) is 6.42 Å². The van der Waals surface area contributed by atoms with Gasteiger partial charge in [0.1, 0.15) is 17.9 Å². The Morgan fingerprint density at radius 3 is 2.96 bits per heavy atom. The minimum Gasteiger partial charge on any atom is -0.473 e. The molecule has 0 aliphatic carbocycles. The van der Waals surface area contributed by atoms with Gasteiger partial charge in [-0.2, -0.15) is 0 Å². The van der Waals surface area contributed by atoms with Crippen molar-refractivity contribution < 1.29 is 9.13 Å². The molecular formula is C17H14BrClFN5O. The number of halogens is 3. The van der Waals surface area contributed by atoms with E-state index in [4.69, 9.17) is 16.3 Å². The Bertz CT molecular complexity index is 967. The van der Waals surface area contributed by atoms with Crippen LogP contribution in [0.4, 0.5) is 15.9 Å². The lowest BCUT2D eigenvalue weighted by Crippen LogP contribution is -2.20. The van der Waals surface area contributed by atoms with Gasteiger partial charge in [0.15, 0.2) is 11.6 Å². The van der Waals surface area contributed by atoms with Crippen LogP contribution in [0, 0.1) is 5.82 Å². The van der Waals surface area contributed by atoms with Gasteiger partial charge in [-0.25, -0.2) is 19.3 Å². The second-order valence-electron chi connectivity index (χ2n) is 5.82. The average Bonchev–Trinajstić information content (AvgIpc) is 3.15. The van der Waals surface area contributed by atoms with Gasteiger partial charge in [0.25, 0.3) is 0 Å². The minimum atomic E-state index is -0.572. The summed E-state index contributed by atoms with van der Waals surface area (Å²) in [4.78, 5) is 12.9. The molecule has 3 aromatic rings. The first kappa shape index (κ1) is 17.4. The number of nitrogens with zero attached hydrogens (tertiary/aromatic N) is 3. The summed E-state index contributed by atoms with van der Waals surface area (Å²) in [6, 6.07) is 6.81. The van der Waals surface area contributed by atoms with E-state index in [-0.39, 0.29) is 16.8 Å². The highest BCUT2D eigenvalue weighted by Gasteiger charge is 2.18. The molecule has 0 saturated carbocycles. The lowest BCUT2D eigenvalue weighted by atomic mass is 10.3. The molecule has 0 amide bonds. The number of hydrogen-bond acceptors (Lipinski definition) is 6. The van der Waals surface area contributed by atoms with E-state index in [1.807, 2.05) is 0 Å². The molecule has 6 nitrogen and oxygen atoms in total. The van der Waals surface area contributed by atoms with Gasteiger partial charge in [0.05, 0.1) is 16.2 Å². The Balaban J connectivity index is 1.69. The third-order valence-electron chi connectivity index (χ3n) is 4.05. The second-order valence-corrected chi connectivity index (χ2v) is 7.05. The van der Waals surface area contributed by atoms with Crippen LogP contribution in [0.2, 0.25) is 5.02 Å². The van der Waals surface area contributed by atoms with E-state index in [9.17, 15) is 4.39 Å². The maximum atomic E-state index is 14.4. The first-order chi connectivity index (χ1) is 12.6. The highest BCUT2D eigenvalue weighted by atomic mass is 79.9. The van der Waals surface area contributed by atoms with Crippen molar-refractivity contribution in [3.05, 3.63) is 45.9 Å². The van der Waals surface area contributed by atoms with E-state index >= 15 is 0 Å². The maximum Gasteiger partial charge on any atom is 0.214 e. The molecule has 0 radical (unpaired) electrons. The van der Waals surface area contributed by atoms with E-state index in [0.717, 1.165) is 19.5 Å². The van der Waals surface area contributed by atoms with Crippen LogP contribution in [-0.2, 0) is 0 Å². The van der Waals surface area contributed by atoms with Crippen LogP contribution in [0.15, 0.2) is 35.1 Å². The van der Waals surface area contributed by atoms with Crippen LogP contribution >= 0.6 is 27.5 Å². The Morgan fingerprint density at radius 2 is 2.15 bits per heavy atom. The molecule has 1 aliphatic rings. The van der Waals surface area contributed by atoms with Crippen molar-refractivity contribution in [2.45, 2.75) is 12.5 Å². The molecule has 1 aliphatic heterocycles. The Hall–Kier alpha value is -2.03. The lowest BCUT2D eigenvalue weighted by molar-refractivity contribution is 0.215. The summed E-state index contributed by atoms with van der Waals surface area (Å²) in [7, 11) is 0. The number of aromatic nitrogens is 3. The van der Waals surface area contributed by atoms with Crippen molar-refractivity contribution >= 4 is 50.1 Å². The Morgan fingerprint density at radius 1 is 1.27 bits per heavy atom. The number of nitrogens with one attached hydrogen (secondary N) is 2. The van der Waals surface area contributed by atoms with E-state index < -0.39 is 5.82 Å². The lowest BCUT2D eigenvalue weighted by Gasteiger charge is -2.13. The van der Waals surface area contributed by atoms with E-state index in [1.54, 1.807) is 24.3 Å². The second kappa shape index (κ2) is 7.30. The predicted molar refractivity (Wildman–Crippen MR) is 102 cm³/mol. The number of rotatable bonds is 4. The van der Waals surface area contributed by atoms with Crippen molar-refractivity contribution in [2.24, 2.45) is 0 Å². The van der Waals surface area contributed by atoms with E-state index in [2.05, 4.69) is 41.5 Å². The molecule has 2 N–H and O–H groups in total. The smallest absolute Gasteiger partial charge is 0.214 e. The van der Waals surface area contributed by atoms with Crippen LogP contribution in [-0.4, -0.2) is 34.1 Å². The molecule has 134 valence electrons. The molecule has 9 heteroatoms. The molecule has 1 atom stereocenters. The first-order valence-electron chi connectivity index (χ1n) is 8.01. The fraction of sp³-hybridized carbons (Fsp3) is 0.235. The fourth-order valence-corrected chi connectivity index (χ4v) is 3.20. The van der Waals surface area contributed by atoms with Crippen molar-refractivity contribution in [1.29, 1.82) is 0 Å². The van der Waals surface area contributed by atoms with Crippen LogP contribution in [0.25, 0.3) is 11.0 Å². The normalized spacial score (nSPS) is 16.8. The molecular weight excluding hydrogens is 425 g/mol. The standard InChI is InChI=1S/C17H14BrClFN5O/c18-10-1-2-11(15(20)14(10)19)24-17-16-12(22-8-23-17)3-4-13(25-16)26-9-5-6-21-7-9/h1-4,8-9,21H,5-7H2,(H,22,23,24)/t9-/m0/s1. The molecule has 4 rings (SSSR count). The predicted octanol–water partition coefficient (Wildman–Crippen LogP) is 4.06. The van der Waals surface area contributed by atoms with Crippen molar-refractivity contribution in [2.75, 3.05) is 18.4 Å². The molecule has 2 aromatic heterocycles. The third-order valence-corrected chi connectivity index (χ3v) is 5.31. The van der Waals surface area contributed by atoms with Gasteiger partial charge >= 0.3 is 0 Å². The van der Waals surface area contributed by atoms with Gasteiger partial charge in [-0.15, -0.1) is 0 Å². The zero-order valence-corrected chi connectivity index (χ0v) is 15.8. The number of pyridine rings is 1. The Kier molecular flexibility index (Phi) is 4.88. The maximum absolute atomic E-state index is 14.4. The summed E-state index contributed by atoms with van der Waals surface area (Å²) in [6.45, 7) is 1.72. The monoisotopic (exact) mass is 437 g/mol. The fourth-order valence-electron chi connectivity index (χ4n) is 2.73. The molecule has 1 saturated heterocycles. The van der Waals surface area contributed by atoms with Gasteiger partial charge in [-0.1, -0.05) is 11.6 Å². The molecule has 1 aromatic carbocycles. The summed E-state index contributed by atoms with van der Waals surface area (Å²) in [6.07, 6.45) is 2.41. The zero-order valence-electron chi connectivity index (χ0n) is 13.5. The van der Waals surface area contributed by atoms with Gasteiger partial charge in [-0.05, 0) is 47.1 Å². The highest BCUT2D eigenvalue weighted by Crippen LogP contribution is 2.32. The summed E-state index contributed by atoms with van der Waals surface area (Å²) < 4.78 is 20.7. The number of anilines is 2. The molecule has 0 spiro atoms. The van der Waals surface area contributed by atoms with Gasteiger partial charge in [0.2, 0.25) is 5.88 Å². The molecule has 1 fully saturated rings. The summed E-state index contributed by atoms with van der Waals surface area (Å²) in [5, 5.41) is 6.18. The first-order valence-corrected chi connectivity index (χ1v) is 9.18. The van der Waals surface area contributed by atoms with Crippen LogP contribution in [0.3, 0.4) is 0 Å². The van der Waals surface area contributed by atoms with Crippen LogP contribution < -0.4 is 15.4 Å². The van der Waals surface area contributed by atoms with Crippen LogP contribution in [0.5, 0.6) is 5.88 Å². The number of hydrogen-bond donors (Lipinski definition) is 2. The number of ether oxygens (including phenoxy) is 1. The molecule has 3 heterocycles. The molecule has 0 bridgehead atoms. The van der Waals surface area contributed by atoms with Gasteiger partial charge in [-0.3, -0.25) is 0 Å². The topological polar surface area (TPSA) is 72.0 Å². The van der Waals surface area contributed by atoms with E-state index in [0.29, 0.717) is 27.2 Å². The Labute approximate surface area is 162 Å². The summed E-state index contributed by atoms with van der Waals surface area (Å²) in [5.41, 5.74) is 1.32.